The summed E-state index contributed by atoms with van der Waals surface area (Å²) in [6.45, 7) is 0. The van der Waals surface area contributed by atoms with Gasteiger partial charge in [0.1, 0.15) is 5.69 Å². The molecule has 0 aromatic carbocycles. The Kier molecular flexibility index (Phi) is 3.42. The van der Waals surface area contributed by atoms with Gasteiger partial charge in [0.05, 0.1) is 12.5 Å². The number of nitrogens with zero attached hydrogens (tertiary/aromatic N) is 2. The van der Waals surface area contributed by atoms with Crippen molar-refractivity contribution in [1.82, 2.24) is 4.98 Å². The molecule has 1 aromatic heterocycles. The lowest BCUT2D eigenvalue weighted by Crippen LogP contribution is -2.10. The first kappa shape index (κ1) is 12.4. The average molecular weight is 236 g/mol. The molecule has 0 N–H and O–H groups in total. The van der Waals surface area contributed by atoms with Gasteiger partial charge in [-0.1, -0.05) is 0 Å². The Hall–Kier alpha value is -1.71. The van der Waals surface area contributed by atoms with E-state index in [4.69, 9.17) is 5.26 Å². The zero-order valence-electron chi connectivity index (χ0n) is 7.72. The van der Waals surface area contributed by atoms with Crippen molar-refractivity contribution in [3.8, 4) is 6.07 Å². The van der Waals surface area contributed by atoms with Crippen LogP contribution in [0.4, 0.5) is 22.0 Å². The predicted octanol–water partition coefficient (Wildman–Crippen LogP) is 3.10. The van der Waals surface area contributed by atoms with Crippen LogP contribution in [0.1, 0.15) is 23.2 Å². The molecule has 0 aliphatic carbocycles. The summed E-state index contributed by atoms with van der Waals surface area (Å²) in [4.78, 5) is 3.00. The number of nitriles is 1. The molecule has 0 spiro atoms. The maximum absolute atomic E-state index is 12.4. The van der Waals surface area contributed by atoms with Crippen LogP contribution >= 0.6 is 0 Å². The first-order valence-electron chi connectivity index (χ1n) is 4.07. The molecular weight excluding hydrogens is 231 g/mol. The summed E-state index contributed by atoms with van der Waals surface area (Å²) in [5, 5.41) is 8.31. The van der Waals surface area contributed by atoms with Crippen molar-refractivity contribution in [1.29, 1.82) is 5.26 Å². The van der Waals surface area contributed by atoms with E-state index in [-0.39, 0.29) is 11.6 Å². The standard InChI is InChI=1S/C9H5F5N2/c10-8(11)6-3-7(9(12,13)14)16-4-5(6)1-2-15/h3-4,8H,1H2. The summed E-state index contributed by atoms with van der Waals surface area (Å²) in [5.41, 5.74) is -2.38. The van der Waals surface area contributed by atoms with Crippen molar-refractivity contribution >= 4 is 0 Å². The molecule has 0 amide bonds. The fourth-order valence-corrected chi connectivity index (χ4v) is 1.09. The molecular formula is C9H5F5N2. The van der Waals surface area contributed by atoms with Crippen molar-refractivity contribution in [2.24, 2.45) is 0 Å². The summed E-state index contributed by atoms with van der Waals surface area (Å²) in [5.74, 6) is 0. The van der Waals surface area contributed by atoms with Crippen LogP contribution < -0.4 is 0 Å². The largest absolute Gasteiger partial charge is 0.433 e. The lowest BCUT2D eigenvalue weighted by Gasteiger charge is -2.10. The highest BCUT2D eigenvalue weighted by Gasteiger charge is 2.33. The predicted molar refractivity (Wildman–Crippen MR) is 43.5 cm³/mol. The molecule has 0 bridgehead atoms. The van der Waals surface area contributed by atoms with E-state index in [0.29, 0.717) is 6.20 Å². The molecule has 7 heteroatoms. The Morgan fingerprint density at radius 2 is 2.00 bits per heavy atom. The van der Waals surface area contributed by atoms with Gasteiger partial charge in [-0.05, 0) is 11.6 Å². The summed E-state index contributed by atoms with van der Waals surface area (Å²) in [6, 6.07) is 1.86. The lowest BCUT2D eigenvalue weighted by molar-refractivity contribution is -0.141. The van der Waals surface area contributed by atoms with Crippen LogP contribution in [0, 0.1) is 11.3 Å². The van der Waals surface area contributed by atoms with Gasteiger partial charge in [-0.2, -0.15) is 18.4 Å². The number of aromatic nitrogens is 1. The molecule has 0 saturated carbocycles. The van der Waals surface area contributed by atoms with Crippen molar-refractivity contribution in [2.45, 2.75) is 19.0 Å². The lowest BCUT2D eigenvalue weighted by atomic mass is 10.1. The summed E-state index contributed by atoms with van der Waals surface area (Å²) in [7, 11) is 0. The van der Waals surface area contributed by atoms with Crippen molar-refractivity contribution in [2.75, 3.05) is 0 Å². The SMILES string of the molecule is N#CCc1cnc(C(F)(F)F)cc1C(F)F. The molecule has 1 rings (SSSR count). The van der Waals surface area contributed by atoms with Crippen LogP contribution in [-0.4, -0.2) is 4.98 Å². The number of hydrogen-bond donors (Lipinski definition) is 0. The van der Waals surface area contributed by atoms with Crippen molar-refractivity contribution in [3.63, 3.8) is 0 Å². The van der Waals surface area contributed by atoms with E-state index in [1.54, 1.807) is 6.07 Å². The van der Waals surface area contributed by atoms with Crippen LogP contribution in [0.3, 0.4) is 0 Å². The highest BCUT2D eigenvalue weighted by Crippen LogP contribution is 2.31. The number of pyridine rings is 1. The van der Waals surface area contributed by atoms with E-state index in [9.17, 15) is 22.0 Å². The molecule has 2 nitrogen and oxygen atoms in total. The zero-order valence-corrected chi connectivity index (χ0v) is 7.72. The Morgan fingerprint density at radius 3 is 2.44 bits per heavy atom. The maximum Gasteiger partial charge on any atom is 0.433 e. The average Bonchev–Trinajstić information content (AvgIpc) is 2.16. The van der Waals surface area contributed by atoms with Crippen LogP contribution in [0.5, 0.6) is 0 Å². The first-order chi connectivity index (χ1) is 7.36. The summed E-state index contributed by atoms with van der Waals surface area (Å²) < 4.78 is 61.4. The molecule has 16 heavy (non-hydrogen) atoms. The molecule has 0 atom stereocenters. The Balaban J connectivity index is 3.24. The molecule has 0 aliphatic heterocycles. The quantitative estimate of drug-likeness (QED) is 0.740. The monoisotopic (exact) mass is 236 g/mol. The first-order valence-corrected chi connectivity index (χ1v) is 4.07. The molecule has 0 radical (unpaired) electrons. The highest BCUT2D eigenvalue weighted by atomic mass is 19.4. The topological polar surface area (TPSA) is 36.7 Å². The van der Waals surface area contributed by atoms with E-state index in [2.05, 4.69) is 4.98 Å². The molecule has 0 fully saturated rings. The number of hydrogen-bond acceptors (Lipinski definition) is 2. The van der Waals surface area contributed by atoms with Crippen LogP contribution in [0.2, 0.25) is 0 Å². The van der Waals surface area contributed by atoms with Gasteiger partial charge in [0.15, 0.2) is 0 Å². The second-order valence-corrected chi connectivity index (χ2v) is 2.90. The second kappa shape index (κ2) is 4.43. The van der Waals surface area contributed by atoms with Gasteiger partial charge in [0.2, 0.25) is 0 Å². The molecule has 0 aliphatic rings. The summed E-state index contributed by atoms with van der Waals surface area (Å²) >= 11 is 0. The Bertz CT molecular complexity index is 419. The zero-order chi connectivity index (χ0) is 12.3. The number of halogens is 5. The Labute approximate surface area is 87.3 Å². The van der Waals surface area contributed by atoms with Crippen LogP contribution in [-0.2, 0) is 12.6 Å². The van der Waals surface area contributed by atoms with Crippen molar-refractivity contribution < 1.29 is 22.0 Å². The molecule has 86 valence electrons. The summed E-state index contributed by atoms with van der Waals surface area (Å²) in [6.07, 6.45) is -7.57. The number of alkyl halides is 5. The van der Waals surface area contributed by atoms with E-state index >= 15 is 0 Å². The molecule has 1 heterocycles. The fraction of sp³-hybridized carbons (Fsp3) is 0.333. The van der Waals surface area contributed by atoms with Crippen LogP contribution in [0.15, 0.2) is 12.3 Å². The van der Waals surface area contributed by atoms with E-state index in [1.165, 1.54) is 0 Å². The molecule has 0 saturated heterocycles. The van der Waals surface area contributed by atoms with E-state index in [1.807, 2.05) is 0 Å². The third-order valence-corrected chi connectivity index (χ3v) is 1.82. The van der Waals surface area contributed by atoms with E-state index in [0.717, 1.165) is 0 Å². The fourth-order valence-electron chi connectivity index (χ4n) is 1.09. The third kappa shape index (κ3) is 2.66. The third-order valence-electron chi connectivity index (χ3n) is 1.82. The van der Waals surface area contributed by atoms with E-state index < -0.39 is 30.3 Å². The normalized spacial score (nSPS) is 11.6. The van der Waals surface area contributed by atoms with Gasteiger partial charge in [-0.15, -0.1) is 0 Å². The van der Waals surface area contributed by atoms with Gasteiger partial charge in [0, 0.05) is 11.8 Å². The van der Waals surface area contributed by atoms with Gasteiger partial charge < -0.3 is 0 Å². The van der Waals surface area contributed by atoms with Gasteiger partial charge in [-0.3, -0.25) is 4.98 Å². The van der Waals surface area contributed by atoms with Gasteiger partial charge in [-0.25, -0.2) is 8.78 Å². The molecule has 1 aromatic rings. The second-order valence-electron chi connectivity index (χ2n) is 2.90. The minimum absolute atomic E-state index is 0.189. The molecule has 0 unspecified atom stereocenters. The smallest absolute Gasteiger partial charge is 0.251 e. The van der Waals surface area contributed by atoms with Crippen molar-refractivity contribution in [3.05, 3.63) is 29.1 Å². The Morgan fingerprint density at radius 1 is 1.38 bits per heavy atom. The minimum Gasteiger partial charge on any atom is -0.251 e. The van der Waals surface area contributed by atoms with Crippen LogP contribution in [0.25, 0.3) is 0 Å². The maximum atomic E-state index is 12.4. The minimum atomic E-state index is -4.77. The highest BCUT2D eigenvalue weighted by molar-refractivity contribution is 5.30. The van der Waals surface area contributed by atoms with Gasteiger partial charge in [0.25, 0.3) is 6.43 Å². The van der Waals surface area contributed by atoms with Gasteiger partial charge >= 0.3 is 6.18 Å². The number of rotatable bonds is 2.